The maximum atomic E-state index is 9.79. The quantitative estimate of drug-likeness (QED) is 0.827. The first kappa shape index (κ1) is 13.4. The Balaban J connectivity index is 2.01. The number of aliphatic hydroxyl groups excluding tert-OH is 1. The summed E-state index contributed by atoms with van der Waals surface area (Å²) in [7, 11) is 0. The van der Waals surface area contributed by atoms with Gasteiger partial charge in [0, 0.05) is 18.8 Å². The van der Waals surface area contributed by atoms with Crippen LogP contribution in [0.15, 0.2) is 24.3 Å². The molecular formula is C16H25NO. The lowest BCUT2D eigenvalue weighted by Gasteiger charge is -2.33. The van der Waals surface area contributed by atoms with E-state index in [0.29, 0.717) is 0 Å². The van der Waals surface area contributed by atoms with Crippen LogP contribution >= 0.6 is 0 Å². The van der Waals surface area contributed by atoms with Gasteiger partial charge in [-0.1, -0.05) is 25.5 Å². The van der Waals surface area contributed by atoms with Crippen molar-refractivity contribution in [2.75, 3.05) is 18.0 Å². The number of rotatable bonds is 6. The first-order chi connectivity index (χ1) is 8.74. The van der Waals surface area contributed by atoms with Gasteiger partial charge in [0.05, 0.1) is 6.10 Å². The first-order valence-corrected chi connectivity index (χ1v) is 7.27. The number of hydrogen-bond donors (Lipinski definition) is 1. The van der Waals surface area contributed by atoms with E-state index in [4.69, 9.17) is 0 Å². The van der Waals surface area contributed by atoms with Crippen LogP contribution in [0.2, 0.25) is 0 Å². The monoisotopic (exact) mass is 247 g/mol. The van der Waals surface area contributed by atoms with E-state index < -0.39 is 0 Å². The highest BCUT2D eigenvalue weighted by molar-refractivity contribution is 5.48. The average Bonchev–Trinajstić information content (AvgIpc) is 2.37. The van der Waals surface area contributed by atoms with Crippen molar-refractivity contribution < 1.29 is 5.11 Å². The maximum absolute atomic E-state index is 9.79. The molecule has 0 bridgehead atoms. The molecule has 1 aromatic rings. The summed E-state index contributed by atoms with van der Waals surface area (Å²) in [5.41, 5.74) is 2.32. The lowest BCUT2D eigenvalue weighted by atomic mass is 9.85. The van der Waals surface area contributed by atoms with E-state index in [1.807, 2.05) is 6.92 Å². The second-order valence-corrected chi connectivity index (χ2v) is 5.35. The molecule has 0 saturated heterocycles. The largest absolute Gasteiger partial charge is 0.388 e. The van der Waals surface area contributed by atoms with Gasteiger partial charge in [0.25, 0.3) is 0 Å². The fraction of sp³-hybridized carbons (Fsp3) is 0.625. The van der Waals surface area contributed by atoms with Crippen LogP contribution in [-0.4, -0.2) is 18.2 Å². The van der Waals surface area contributed by atoms with Crippen LogP contribution in [0, 0.1) is 5.92 Å². The molecule has 0 aliphatic heterocycles. The zero-order valence-electron chi connectivity index (χ0n) is 11.6. The van der Waals surface area contributed by atoms with Crippen molar-refractivity contribution in [3.05, 3.63) is 29.8 Å². The third-order valence-corrected chi connectivity index (χ3v) is 4.11. The van der Waals surface area contributed by atoms with Gasteiger partial charge in [-0.2, -0.15) is 0 Å². The van der Waals surface area contributed by atoms with Crippen LogP contribution < -0.4 is 4.90 Å². The Morgan fingerprint density at radius 3 is 2.33 bits per heavy atom. The SMILES string of the molecule is CC[C@@H](O)c1ccc(N(CC)CC2CCC2)cc1. The number of nitrogens with zero attached hydrogens (tertiary/aromatic N) is 1. The van der Waals surface area contributed by atoms with Crippen LogP contribution in [0.3, 0.4) is 0 Å². The Bertz CT molecular complexity index is 356. The van der Waals surface area contributed by atoms with Crippen LogP contribution in [0.1, 0.15) is 51.2 Å². The van der Waals surface area contributed by atoms with Crippen molar-refractivity contribution in [2.45, 2.75) is 45.6 Å². The van der Waals surface area contributed by atoms with Crippen LogP contribution in [0.5, 0.6) is 0 Å². The van der Waals surface area contributed by atoms with Gasteiger partial charge in [-0.15, -0.1) is 0 Å². The molecule has 2 heteroatoms. The topological polar surface area (TPSA) is 23.5 Å². The predicted octanol–water partition coefficient (Wildman–Crippen LogP) is 3.76. The normalized spacial score (nSPS) is 17.3. The van der Waals surface area contributed by atoms with Crippen molar-refractivity contribution in [1.82, 2.24) is 0 Å². The molecule has 1 atom stereocenters. The molecule has 0 spiro atoms. The van der Waals surface area contributed by atoms with Gasteiger partial charge in [-0.25, -0.2) is 0 Å². The van der Waals surface area contributed by atoms with Gasteiger partial charge in [-0.3, -0.25) is 0 Å². The van der Waals surface area contributed by atoms with E-state index in [1.165, 1.54) is 31.5 Å². The third kappa shape index (κ3) is 3.05. The highest BCUT2D eigenvalue weighted by atomic mass is 16.3. The molecule has 0 heterocycles. The fourth-order valence-corrected chi connectivity index (χ4v) is 2.55. The van der Waals surface area contributed by atoms with Gasteiger partial charge in [0.15, 0.2) is 0 Å². The molecule has 0 aromatic heterocycles. The van der Waals surface area contributed by atoms with Crippen molar-refractivity contribution in [2.24, 2.45) is 5.92 Å². The predicted molar refractivity (Wildman–Crippen MR) is 76.9 cm³/mol. The zero-order valence-corrected chi connectivity index (χ0v) is 11.6. The summed E-state index contributed by atoms with van der Waals surface area (Å²) in [6.45, 7) is 6.47. The number of aliphatic hydroxyl groups is 1. The van der Waals surface area contributed by atoms with Crippen LogP contribution in [-0.2, 0) is 0 Å². The van der Waals surface area contributed by atoms with Crippen molar-refractivity contribution in [1.29, 1.82) is 0 Å². The van der Waals surface area contributed by atoms with E-state index in [-0.39, 0.29) is 6.10 Å². The highest BCUT2D eigenvalue weighted by Gasteiger charge is 2.20. The molecule has 1 fully saturated rings. The molecule has 1 aliphatic carbocycles. The van der Waals surface area contributed by atoms with E-state index >= 15 is 0 Å². The van der Waals surface area contributed by atoms with Gasteiger partial charge >= 0.3 is 0 Å². The Labute approximate surface area is 111 Å². The second-order valence-electron chi connectivity index (χ2n) is 5.35. The summed E-state index contributed by atoms with van der Waals surface area (Å²) < 4.78 is 0. The molecule has 100 valence electrons. The first-order valence-electron chi connectivity index (χ1n) is 7.27. The number of hydrogen-bond acceptors (Lipinski definition) is 2. The lowest BCUT2D eigenvalue weighted by molar-refractivity contribution is 0.173. The van der Waals surface area contributed by atoms with Gasteiger partial charge in [0.2, 0.25) is 0 Å². The summed E-state index contributed by atoms with van der Waals surface area (Å²) in [5, 5.41) is 9.79. The molecule has 18 heavy (non-hydrogen) atoms. The summed E-state index contributed by atoms with van der Waals surface area (Å²) in [5.74, 6) is 0.894. The zero-order chi connectivity index (χ0) is 13.0. The van der Waals surface area contributed by atoms with Gasteiger partial charge in [0.1, 0.15) is 0 Å². The molecule has 1 saturated carbocycles. The molecule has 2 rings (SSSR count). The van der Waals surface area contributed by atoms with Gasteiger partial charge < -0.3 is 10.0 Å². The molecule has 0 radical (unpaired) electrons. The van der Waals surface area contributed by atoms with Crippen molar-refractivity contribution >= 4 is 5.69 Å². The second kappa shape index (κ2) is 6.24. The minimum absolute atomic E-state index is 0.319. The summed E-state index contributed by atoms with van der Waals surface area (Å²) >= 11 is 0. The number of benzene rings is 1. The third-order valence-electron chi connectivity index (χ3n) is 4.11. The minimum Gasteiger partial charge on any atom is -0.388 e. The average molecular weight is 247 g/mol. The molecule has 1 aliphatic rings. The molecule has 1 aromatic carbocycles. The number of anilines is 1. The summed E-state index contributed by atoms with van der Waals surface area (Å²) in [6.07, 6.45) is 4.65. The molecule has 2 nitrogen and oxygen atoms in total. The Morgan fingerprint density at radius 1 is 1.22 bits per heavy atom. The van der Waals surface area contributed by atoms with Crippen molar-refractivity contribution in [3.8, 4) is 0 Å². The smallest absolute Gasteiger partial charge is 0.0787 e. The molecular weight excluding hydrogens is 222 g/mol. The minimum atomic E-state index is -0.319. The Kier molecular flexibility index (Phi) is 4.65. The standard InChI is InChI=1S/C16H25NO/c1-3-16(18)14-8-10-15(11-9-14)17(4-2)12-13-6-5-7-13/h8-11,13,16,18H,3-7,12H2,1-2H3/t16-/m1/s1. The Hall–Kier alpha value is -1.02. The van der Waals surface area contributed by atoms with Crippen LogP contribution in [0.4, 0.5) is 5.69 Å². The van der Waals surface area contributed by atoms with E-state index in [1.54, 1.807) is 0 Å². The van der Waals surface area contributed by atoms with Crippen molar-refractivity contribution in [3.63, 3.8) is 0 Å². The Morgan fingerprint density at radius 2 is 1.89 bits per heavy atom. The van der Waals surface area contributed by atoms with E-state index in [2.05, 4.69) is 36.1 Å². The fourth-order valence-electron chi connectivity index (χ4n) is 2.55. The van der Waals surface area contributed by atoms with Gasteiger partial charge in [-0.05, 0) is 49.8 Å². The molecule has 0 amide bonds. The summed E-state index contributed by atoms with van der Waals surface area (Å²) in [4.78, 5) is 2.45. The maximum Gasteiger partial charge on any atom is 0.0787 e. The highest BCUT2D eigenvalue weighted by Crippen LogP contribution is 2.29. The molecule has 1 N–H and O–H groups in total. The van der Waals surface area contributed by atoms with E-state index in [9.17, 15) is 5.11 Å². The van der Waals surface area contributed by atoms with Crippen LogP contribution in [0.25, 0.3) is 0 Å². The lowest BCUT2D eigenvalue weighted by Crippen LogP contribution is -2.32. The summed E-state index contributed by atoms with van der Waals surface area (Å²) in [6, 6.07) is 8.42. The molecule has 0 unspecified atom stereocenters. The van der Waals surface area contributed by atoms with E-state index in [0.717, 1.165) is 24.4 Å².